The first kappa shape index (κ1) is 21.3. The second kappa shape index (κ2) is 11.0. The zero-order valence-electron chi connectivity index (χ0n) is 16.8. The van der Waals surface area contributed by atoms with Gasteiger partial charge in [0.25, 0.3) is 0 Å². The van der Waals surface area contributed by atoms with Gasteiger partial charge >= 0.3 is 0 Å². The molecule has 2 nitrogen and oxygen atoms in total. The van der Waals surface area contributed by atoms with E-state index in [2.05, 4.69) is 35.8 Å². The Labute approximate surface area is 178 Å². The van der Waals surface area contributed by atoms with Crippen molar-refractivity contribution in [3.8, 4) is 11.4 Å². The highest BCUT2D eigenvalue weighted by atomic mass is 35.5. The van der Waals surface area contributed by atoms with Crippen molar-refractivity contribution >= 4 is 11.6 Å². The topological polar surface area (TPSA) is 17.8 Å². The van der Waals surface area contributed by atoms with Crippen molar-refractivity contribution in [2.45, 2.75) is 51.7 Å². The minimum atomic E-state index is -0.462. The quantitative estimate of drug-likeness (QED) is 0.238. The third-order valence-corrected chi connectivity index (χ3v) is 5.53. The summed E-state index contributed by atoms with van der Waals surface area (Å²) in [5.74, 6) is 0.805. The Morgan fingerprint density at radius 3 is 2.41 bits per heavy atom. The SMILES string of the molecule is C=CCCCCCCc1ccccc1Cn1c(Cl)cnc1-c1ccc(CF)cc1. The molecule has 0 saturated heterocycles. The van der Waals surface area contributed by atoms with Crippen LogP contribution in [0.15, 0.2) is 67.4 Å². The van der Waals surface area contributed by atoms with E-state index >= 15 is 0 Å². The molecule has 0 aliphatic heterocycles. The number of hydrogen-bond acceptors (Lipinski definition) is 1. The number of aromatic nitrogens is 2. The monoisotopic (exact) mass is 410 g/mol. The lowest BCUT2D eigenvalue weighted by molar-refractivity contribution is 0.485. The smallest absolute Gasteiger partial charge is 0.141 e. The van der Waals surface area contributed by atoms with Gasteiger partial charge in [-0.2, -0.15) is 0 Å². The molecule has 0 spiro atoms. The largest absolute Gasteiger partial charge is 0.311 e. The molecule has 0 fully saturated rings. The average molecular weight is 411 g/mol. The van der Waals surface area contributed by atoms with Crippen molar-refractivity contribution in [3.63, 3.8) is 0 Å². The van der Waals surface area contributed by atoms with Crippen LogP contribution < -0.4 is 0 Å². The summed E-state index contributed by atoms with van der Waals surface area (Å²) in [6.45, 7) is 3.99. The summed E-state index contributed by atoms with van der Waals surface area (Å²) in [4.78, 5) is 4.50. The van der Waals surface area contributed by atoms with Crippen molar-refractivity contribution < 1.29 is 4.39 Å². The van der Waals surface area contributed by atoms with Gasteiger partial charge in [0.2, 0.25) is 0 Å². The third-order valence-electron chi connectivity index (χ3n) is 5.22. The Balaban J connectivity index is 1.73. The predicted octanol–water partition coefficient (Wildman–Crippen LogP) is 7.40. The lowest BCUT2D eigenvalue weighted by atomic mass is 10.0. The first-order valence-corrected chi connectivity index (χ1v) is 10.6. The normalized spacial score (nSPS) is 11.0. The van der Waals surface area contributed by atoms with E-state index in [0.29, 0.717) is 17.3 Å². The Morgan fingerprint density at radius 1 is 0.966 bits per heavy atom. The molecule has 0 amide bonds. The third kappa shape index (κ3) is 5.80. The highest BCUT2D eigenvalue weighted by Crippen LogP contribution is 2.26. The minimum absolute atomic E-state index is 0.462. The highest BCUT2D eigenvalue weighted by Gasteiger charge is 2.13. The van der Waals surface area contributed by atoms with Crippen LogP contribution in [0.5, 0.6) is 0 Å². The van der Waals surface area contributed by atoms with Crippen molar-refractivity contribution in [2.24, 2.45) is 0 Å². The summed E-state index contributed by atoms with van der Waals surface area (Å²) in [7, 11) is 0. The summed E-state index contributed by atoms with van der Waals surface area (Å²) in [5.41, 5.74) is 4.23. The molecule has 4 heteroatoms. The number of rotatable bonds is 11. The summed E-state index contributed by atoms with van der Waals surface area (Å²) >= 11 is 6.46. The van der Waals surface area contributed by atoms with E-state index in [4.69, 9.17) is 11.6 Å². The van der Waals surface area contributed by atoms with Crippen LogP contribution >= 0.6 is 11.6 Å². The minimum Gasteiger partial charge on any atom is -0.311 e. The second-order valence-electron chi connectivity index (χ2n) is 7.33. The lowest BCUT2D eigenvalue weighted by Crippen LogP contribution is -2.05. The summed E-state index contributed by atoms with van der Waals surface area (Å²) in [5, 5.41) is 0.605. The molecule has 0 radical (unpaired) electrons. The summed E-state index contributed by atoms with van der Waals surface area (Å²) < 4.78 is 14.8. The van der Waals surface area contributed by atoms with Gasteiger partial charge in [0.1, 0.15) is 17.7 Å². The van der Waals surface area contributed by atoms with Gasteiger partial charge in [0, 0.05) is 5.56 Å². The van der Waals surface area contributed by atoms with Crippen LogP contribution in [-0.4, -0.2) is 9.55 Å². The number of nitrogens with zero attached hydrogens (tertiary/aromatic N) is 2. The average Bonchev–Trinajstić information content (AvgIpc) is 3.12. The molecule has 1 heterocycles. The molecule has 0 aliphatic carbocycles. The van der Waals surface area contributed by atoms with E-state index in [-0.39, 0.29) is 0 Å². The Morgan fingerprint density at radius 2 is 1.69 bits per heavy atom. The van der Waals surface area contributed by atoms with Crippen molar-refractivity contribution in [1.29, 1.82) is 0 Å². The van der Waals surface area contributed by atoms with E-state index in [9.17, 15) is 4.39 Å². The van der Waals surface area contributed by atoms with E-state index in [1.807, 2.05) is 22.8 Å². The Bertz CT molecular complexity index is 915. The molecule has 2 aromatic carbocycles. The zero-order valence-corrected chi connectivity index (χ0v) is 17.5. The number of benzene rings is 2. The van der Waals surface area contributed by atoms with Gasteiger partial charge in [-0.15, -0.1) is 6.58 Å². The fraction of sp³-hybridized carbons (Fsp3) is 0.320. The van der Waals surface area contributed by atoms with Gasteiger partial charge in [0.15, 0.2) is 0 Å². The van der Waals surface area contributed by atoms with Gasteiger partial charge in [-0.1, -0.05) is 79.0 Å². The standard InChI is InChI=1S/C25H28ClFN2/c1-2-3-4-5-6-7-10-21-11-8-9-12-23(21)19-29-24(26)18-28-25(29)22-15-13-20(17-27)14-16-22/h2,8-9,11-16,18H,1,3-7,10,17,19H2. The van der Waals surface area contributed by atoms with Crippen LogP contribution in [0.2, 0.25) is 5.15 Å². The van der Waals surface area contributed by atoms with Gasteiger partial charge in [-0.05, 0) is 42.4 Å². The molecule has 0 unspecified atom stereocenters. The molecular weight excluding hydrogens is 383 g/mol. The maximum Gasteiger partial charge on any atom is 0.141 e. The number of hydrogen-bond donors (Lipinski definition) is 0. The van der Waals surface area contributed by atoms with Crippen LogP contribution in [-0.2, 0) is 19.6 Å². The molecule has 0 bridgehead atoms. The first-order valence-electron chi connectivity index (χ1n) is 10.3. The van der Waals surface area contributed by atoms with E-state index in [1.54, 1.807) is 18.3 Å². The van der Waals surface area contributed by atoms with Crippen LogP contribution in [0.3, 0.4) is 0 Å². The first-order chi connectivity index (χ1) is 14.2. The Hall–Kier alpha value is -2.39. The second-order valence-corrected chi connectivity index (χ2v) is 7.72. The number of allylic oxidation sites excluding steroid dienone is 1. The van der Waals surface area contributed by atoms with Gasteiger partial charge < -0.3 is 4.57 Å². The van der Waals surface area contributed by atoms with E-state index in [0.717, 1.165) is 24.2 Å². The number of unbranched alkanes of at least 4 members (excludes halogenated alkanes) is 4. The van der Waals surface area contributed by atoms with E-state index in [1.165, 1.54) is 36.8 Å². The maximum absolute atomic E-state index is 12.8. The molecule has 3 aromatic rings. The maximum atomic E-state index is 12.8. The van der Waals surface area contributed by atoms with Gasteiger partial charge in [0.05, 0.1) is 12.7 Å². The fourth-order valence-electron chi connectivity index (χ4n) is 3.56. The fourth-order valence-corrected chi connectivity index (χ4v) is 3.75. The zero-order chi connectivity index (χ0) is 20.5. The highest BCUT2D eigenvalue weighted by molar-refractivity contribution is 6.29. The molecule has 0 atom stereocenters. The summed E-state index contributed by atoms with van der Waals surface area (Å²) in [6.07, 6.45) is 10.7. The molecule has 0 aliphatic rings. The van der Waals surface area contributed by atoms with Crippen LogP contribution in [0.1, 0.15) is 48.8 Å². The lowest BCUT2D eigenvalue weighted by Gasteiger charge is -2.14. The predicted molar refractivity (Wildman–Crippen MR) is 120 cm³/mol. The van der Waals surface area contributed by atoms with Gasteiger partial charge in [-0.25, -0.2) is 9.37 Å². The molecule has 3 rings (SSSR count). The number of alkyl halides is 1. The van der Waals surface area contributed by atoms with Crippen molar-refractivity contribution in [1.82, 2.24) is 9.55 Å². The molecule has 0 saturated carbocycles. The number of halogens is 2. The van der Waals surface area contributed by atoms with Crippen molar-refractivity contribution in [3.05, 3.63) is 89.2 Å². The molecule has 1 aromatic heterocycles. The molecule has 0 N–H and O–H groups in total. The van der Waals surface area contributed by atoms with Crippen molar-refractivity contribution in [2.75, 3.05) is 0 Å². The number of imidazole rings is 1. The molecular formula is C25H28ClFN2. The molecule has 29 heavy (non-hydrogen) atoms. The van der Waals surface area contributed by atoms with E-state index < -0.39 is 6.67 Å². The molecule has 152 valence electrons. The van der Waals surface area contributed by atoms with Crippen LogP contribution in [0, 0.1) is 0 Å². The Kier molecular flexibility index (Phi) is 8.06. The van der Waals surface area contributed by atoms with Crippen LogP contribution in [0.25, 0.3) is 11.4 Å². The summed E-state index contributed by atoms with van der Waals surface area (Å²) in [6, 6.07) is 15.9. The van der Waals surface area contributed by atoms with Crippen LogP contribution in [0.4, 0.5) is 4.39 Å². The van der Waals surface area contributed by atoms with Gasteiger partial charge in [-0.3, -0.25) is 0 Å². The number of aryl methyl sites for hydroxylation is 1.